The van der Waals surface area contributed by atoms with Crippen LogP contribution in [0.25, 0.3) is 0 Å². The molecular weight excluding hydrogens is 138 g/mol. The number of anilines is 1. The van der Waals surface area contributed by atoms with Crippen LogP contribution in [0.4, 0.5) is 11.4 Å². The van der Waals surface area contributed by atoms with Crippen LogP contribution in [-0.2, 0) is 0 Å². The van der Waals surface area contributed by atoms with Crippen LogP contribution in [0.2, 0.25) is 0 Å². The first kappa shape index (κ1) is 6.37. The Hall–Kier alpha value is -1.35. The van der Waals surface area contributed by atoms with Crippen LogP contribution in [0.1, 0.15) is 0 Å². The smallest absolute Gasteiger partial charge is 0.111 e. The van der Waals surface area contributed by atoms with Crippen molar-refractivity contribution in [3.8, 4) is 0 Å². The molecule has 3 N–H and O–H groups in total. The van der Waals surface area contributed by atoms with Crippen molar-refractivity contribution in [3.63, 3.8) is 0 Å². The second-order valence-corrected chi connectivity index (χ2v) is 2.47. The van der Waals surface area contributed by atoms with E-state index in [1.165, 1.54) is 0 Å². The monoisotopic (exact) mass is 147 g/mol. The number of nitrogens with zero attached hydrogens (tertiary/aromatic N) is 1. The van der Waals surface area contributed by atoms with Gasteiger partial charge in [0.2, 0.25) is 0 Å². The first-order chi connectivity index (χ1) is 5.36. The van der Waals surface area contributed by atoms with Crippen molar-refractivity contribution in [2.45, 2.75) is 6.17 Å². The lowest BCUT2D eigenvalue weighted by Gasteiger charge is -2.16. The van der Waals surface area contributed by atoms with Gasteiger partial charge in [-0.05, 0) is 12.1 Å². The van der Waals surface area contributed by atoms with E-state index in [0.717, 1.165) is 11.4 Å². The molecule has 0 saturated heterocycles. The molecular formula is C8H9N3. The van der Waals surface area contributed by atoms with Crippen molar-refractivity contribution in [1.82, 2.24) is 0 Å². The molecule has 1 aliphatic heterocycles. The average Bonchev–Trinajstić information content (AvgIpc) is 2.04. The standard InChI is InChI=1S/C8H9N3/c9-8-5-10-6-3-1-2-4-7(6)11-8/h1-5,8,11H,9H2. The molecule has 1 aromatic carbocycles. The molecule has 0 bridgehead atoms. The van der Waals surface area contributed by atoms with E-state index in [1.54, 1.807) is 6.21 Å². The normalized spacial score (nSPS) is 20.6. The summed E-state index contributed by atoms with van der Waals surface area (Å²) in [7, 11) is 0. The highest BCUT2D eigenvalue weighted by Crippen LogP contribution is 2.25. The molecule has 3 heteroatoms. The summed E-state index contributed by atoms with van der Waals surface area (Å²) in [5, 5.41) is 3.09. The maximum absolute atomic E-state index is 5.59. The molecule has 0 amide bonds. The van der Waals surface area contributed by atoms with Gasteiger partial charge in [-0.3, -0.25) is 4.99 Å². The zero-order valence-electron chi connectivity index (χ0n) is 5.99. The summed E-state index contributed by atoms with van der Waals surface area (Å²) in [6.07, 6.45) is 1.55. The highest BCUT2D eigenvalue weighted by Gasteiger charge is 2.07. The molecule has 1 atom stereocenters. The Kier molecular flexibility index (Phi) is 1.36. The number of hydrogen-bond acceptors (Lipinski definition) is 3. The van der Waals surface area contributed by atoms with Gasteiger partial charge in [-0.1, -0.05) is 12.1 Å². The molecule has 3 nitrogen and oxygen atoms in total. The largest absolute Gasteiger partial charge is 0.364 e. The molecule has 0 fully saturated rings. The van der Waals surface area contributed by atoms with Crippen LogP contribution in [0, 0.1) is 0 Å². The van der Waals surface area contributed by atoms with Gasteiger partial charge < -0.3 is 11.1 Å². The molecule has 0 spiro atoms. The van der Waals surface area contributed by atoms with Gasteiger partial charge in [-0.25, -0.2) is 0 Å². The molecule has 11 heavy (non-hydrogen) atoms. The predicted octanol–water partition coefficient (Wildman–Crippen LogP) is 1.10. The molecule has 0 saturated carbocycles. The highest BCUT2D eigenvalue weighted by atomic mass is 15.1. The van der Waals surface area contributed by atoms with E-state index in [0.29, 0.717) is 0 Å². The highest BCUT2D eigenvalue weighted by molar-refractivity contribution is 5.82. The summed E-state index contributed by atoms with van der Waals surface area (Å²) in [6, 6.07) is 7.82. The summed E-state index contributed by atoms with van der Waals surface area (Å²) in [5.74, 6) is 0. The maximum atomic E-state index is 5.59. The van der Waals surface area contributed by atoms with Crippen LogP contribution in [0.3, 0.4) is 0 Å². The molecule has 1 unspecified atom stereocenters. The zero-order chi connectivity index (χ0) is 7.68. The Bertz CT molecular complexity index is 293. The van der Waals surface area contributed by atoms with Crippen LogP contribution in [0.15, 0.2) is 29.3 Å². The van der Waals surface area contributed by atoms with Crippen molar-refractivity contribution in [2.24, 2.45) is 10.7 Å². The lowest BCUT2D eigenvalue weighted by Crippen LogP contribution is -2.32. The number of para-hydroxylation sites is 2. The molecule has 1 aromatic rings. The van der Waals surface area contributed by atoms with Gasteiger partial charge in [-0.15, -0.1) is 0 Å². The van der Waals surface area contributed by atoms with Gasteiger partial charge in [0.1, 0.15) is 6.17 Å². The van der Waals surface area contributed by atoms with Crippen LogP contribution in [0.5, 0.6) is 0 Å². The van der Waals surface area contributed by atoms with E-state index in [9.17, 15) is 0 Å². The topological polar surface area (TPSA) is 50.4 Å². The minimum absolute atomic E-state index is 0.148. The molecule has 0 radical (unpaired) electrons. The zero-order valence-corrected chi connectivity index (χ0v) is 5.99. The van der Waals surface area contributed by atoms with E-state index >= 15 is 0 Å². The van der Waals surface area contributed by atoms with Crippen molar-refractivity contribution >= 4 is 17.6 Å². The fourth-order valence-electron chi connectivity index (χ4n) is 1.09. The van der Waals surface area contributed by atoms with Gasteiger partial charge in [0.05, 0.1) is 11.4 Å². The van der Waals surface area contributed by atoms with E-state index < -0.39 is 0 Å². The Morgan fingerprint density at radius 1 is 1.36 bits per heavy atom. The van der Waals surface area contributed by atoms with Crippen molar-refractivity contribution in [3.05, 3.63) is 24.3 Å². The first-order valence-corrected chi connectivity index (χ1v) is 3.51. The second-order valence-electron chi connectivity index (χ2n) is 2.47. The Labute approximate surface area is 64.9 Å². The van der Waals surface area contributed by atoms with E-state index in [1.807, 2.05) is 24.3 Å². The average molecular weight is 147 g/mol. The third kappa shape index (κ3) is 1.10. The SMILES string of the molecule is NC1C=Nc2ccccc2N1. The number of aliphatic imine (C=N–C) groups is 1. The summed E-state index contributed by atoms with van der Waals surface area (Å²) >= 11 is 0. The van der Waals surface area contributed by atoms with E-state index in [2.05, 4.69) is 10.3 Å². The second kappa shape index (κ2) is 2.36. The number of nitrogens with one attached hydrogen (secondary N) is 1. The minimum Gasteiger partial charge on any atom is -0.364 e. The van der Waals surface area contributed by atoms with E-state index in [-0.39, 0.29) is 6.17 Å². The lowest BCUT2D eigenvalue weighted by molar-refractivity contribution is 0.997. The number of hydrogen-bond donors (Lipinski definition) is 2. The third-order valence-electron chi connectivity index (χ3n) is 1.60. The number of benzene rings is 1. The third-order valence-corrected chi connectivity index (χ3v) is 1.60. The summed E-state index contributed by atoms with van der Waals surface area (Å²) in [6.45, 7) is 0. The number of nitrogens with two attached hydrogens (primary N) is 1. The Morgan fingerprint density at radius 2 is 2.18 bits per heavy atom. The molecule has 0 aromatic heterocycles. The lowest BCUT2D eigenvalue weighted by atomic mass is 10.2. The van der Waals surface area contributed by atoms with Gasteiger partial charge >= 0.3 is 0 Å². The van der Waals surface area contributed by atoms with Crippen molar-refractivity contribution in [1.29, 1.82) is 0 Å². The van der Waals surface area contributed by atoms with Crippen LogP contribution in [-0.4, -0.2) is 12.4 Å². The van der Waals surface area contributed by atoms with Crippen LogP contribution >= 0.6 is 0 Å². The van der Waals surface area contributed by atoms with Gasteiger partial charge in [-0.2, -0.15) is 0 Å². The molecule has 1 aliphatic rings. The summed E-state index contributed by atoms with van der Waals surface area (Å²) < 4.78 is 0. The quantitative estimate of drug-likeness (QED) is 0.577. The minimum atomic E-state index is -0.148. The van der Waals surface area contributed by atoms with Gasteiger partial charge in [0.25, 0.3) is 0 Å². The molecule has 1 heterocycles. The Morgan fingerprint density at radius 3 is 3.09 bits per heavy atom. The van der Waals surface area contributed by atoms with Crippen LogP contribution < -0.4 is 11.1 Å². The fraction of sp³-hybridized carbons (Fsp3) is 0.125. The number of rotatable bonds is 0. The summed E-state index contributed by atoms with van der Waals surface area (Å²) in [5.41, 5.74) is 7.54. The predicted molar refractivity (Wildman–Crippen MR) is 46.2 cm³/mol. The van der Waals surface area contributed by atoms with Gasteiger partial charge in [0.15, 0.2) is 0 Å². The van der Waals surface area contributed by atoms with Gasteiger partial charge in [0, 0.05) is 6.21 Å². The van der Waals surface area contributed by atoms with E-state index in [4.69, 9.17) is 5.73 Å². The first-order valence-electron chi connectivity index (χ1n) is 3.51. The number of fused-ring (bicyclic) bond motifs is 1. The van der Waals surface area contributed by atoms with Crippen molar-refractivity contribution < 1.29 is 0 Å². The molecule has 0 aliphatic carbocycles. The Balaban J connectivity index is 2.46. The maximum Gasteiger partial charge on any atom is 0.111 e. The molecule has 2 rings (SSSR count). The molecule has 56 valence electrons. The van der Waals surface area contributed by atoms with Crippen molar-refractivity contribution in [2.75, 3.05) is 5.32 Å². The summed E-state index contributed by atoms with van der Waals surface area (Å²) in [4.78, 5) is 4.16. The fourth-order valence-corrected chi connectivity index (χ4v) is 1.09.